The van der Waals surface area contributed by atoms with Gasteiger partial charge in [-0.2, -0.15) is 0 Å². The minimum absolute atomic E-state index is 0.139. The zero-order chi connectivity index (χ0) is 14.9. The molecule has 1 atom stereocenters. The van der Waals surface area contributed by atoms with Crippen LogP contribution in [-0.2, 0) is 11.3 Å². The summed E-state index contributed by atoms with van der Waals surface area (Å²) in [5, 5.41) is 9.24. The summed E-state index contributed by atoms with van der Waals surface area (Å²) in [5.41, 5.74) is 11.7. The lowest BCUT2D eigenvalue weighted by Gasteiger charge is -2.21. The first-order valence-corrected chi connectivity index (χ1v) is 6.46. The molecule has 0 saturated carbocycles. The second kappa shape index (κ2) is 5.13. The molecule has 108 valence electrons. The fraction of sp³-hybridized carbons (Fsp3) is 0.429. The predicted octanol–water partition coefficient (Wildman–Crippen LogP) is 0.664. The number of nitrogens with zero attached hydrogens (tertiary/aromatic N) is 1. The topological polar surface area (TPSA) is 110 Å². The molecule has 0 aliphatic carbocycles. The molecule has 2 rings (SSSR count). The van der Waals surface area contributed by atoms with Crippen LogP contribution in [0.3, 0.4) is 0 Å². The third-order valence-electron chi connectivity index (χ3n) is 3.94. The van der Waals surface area contributed by atoms with Crippen molar-refractivity contribution in [1.82, 2.24) is 4.90 Å². The van der Waals surface area contributed by atoms with Crippen molar-refractivity contribution in [1.29, 1.82) is 0 Å². The van der Waals surface area contributed by atoms with Gasteiger partial charge in [-0.15, -0.1) is 0 Å². The first kappa shape index (κ1) is 14.3. The standard InChI is InChI=1S/C14H19N3O3/c1-14(13(16)20)5-6-17(8-14)7-9-3-2-4-10(15)11(9)12(18)19/h2-4H,5-8,15H2,1H3,(H2,16,20)(H,18,19). The van der Waals surface area contributed by atoms with E-state index in [0.29, 0.717) is 31.6 Å². The van der Waals surface area contributed by atoms with Crippen molar-refractivity contribution in [2.45, 2.75) is 19.9 Å². The summed E-state index contributed by atoms with van der Waals surface area (Å²) < 4.78 is 0. The fourth-order valence-corrected chi connectivity index (χ4v) is 2.65. The van der Waals surface area contributed by atoms with E-state index in [2.05, 4.69) is 0 Å². The zero-order valence-corrected chi connectivity index (χ0v) is 11.4. The Labute approximate surface area is 117 Å². The number of carboxylic acids is 1. The second-order valence-corrected chi connectivity index (χ2v) is 5.57. The van der Waals surface area contributed by atoms with Crippen LogP contribution in [-0.4, -0.2) is 35.0 Å². The lowest BCUT2D eigenvalue weighted by atomic mass is 9.89. The monoisotopic (exact) mass is 277 g/mol. The minimum atomic E-state index is -1.03. The highest BCUT2D eigenvalue weighted by Crippen LogP contribution is 2.31. The predicted molar refractivity (Wildman–Crippen MR) is 75.0 cm³/mol. The summed E-state index contributed by atoms with van der Waals surface area (Å²) in [6, 6.07) is 5.06. The number of primary amides is 1. The molecule has 6 nitrogen and oxygen atoms in total. The molecule has 1 unspecified atom stereocenters. The van der Waals surface area contributed by atoms with Crippen LogP contribution in [0, 0.1) is 5.41 Å². The van der Waals surface area contributed by atoms with Gasteiger partial charge in [0.1, 0.15) is 0 Å². The number of hydrogen-bond donors (Lipinski definition) is 3. The molecule has 1 aliphatic rings. The summed E-state index contributed by atoms with van der Waals surface area (Å²) in [6.07, 6.45) is 0.688. The van der Waals surface area contributed by atoms with Gasteiger partial charge in [-0.1, -0.05) is 12.1 Å². The number of rotatable bonds is 4. The highest BCUT2D eigenvalue weighted by molar-refractivity contribution is 5.95. The van der Waals surface area contributed by atoms with Gasteiger partial charge < -0.3 is 16.6 Å². The Morgan fingerprint density at radius 2 is 2.15 bits per heavy atom. The van der Waals surface area contributed by atoms with E-state index in [0.717, 1.165) is 0 Å². The molecule has 6 heteroatoms. The van der Waals surface area contributed by atoms with E-state index in [1.807, 2.05) is 11.8 Å². The van der Waals surface area contributed by atoms with E-state index in [1.54, 1.807) is 18.2 Å². The van der Waals surface area contributed by atoms with E-state index in [-0.39, 0.29) is 17.2 Å². The fourth-order valence-electron chi connectivity index (χ4n) is 2.65. The van der Waals surface area contributed by atoms with Crippen molar-refractivity contribution in [3.05, 3.63) is 29.3 Å². The average molecular weight is 277 g/mol. The maximum atomic E-state index is 11.4. The number of carboxylic acid groups (broad SMARTS) is 1. The van der Waals surface area contributed by atoms with Crippen LogP contribution in [0.25, 0.3) is 0 Å². The lowest BCUT2D eigenvalue weighted by Crippen LogP contribution is -2.37. The van der Waals surface area contributed by atoms with Gasteiger partial charge >= 0.3 is 5.97 Å². The Balaban J connectivity index is 2.19. The van der Waals surface area contributed by atoms with Gasteiger partial charge in [-0.3, -0.25) is 9.69 Å². The molecule has 1 aromatic carbocycles. The number of benzene rings is 1. The molecular formula is C14H19N3O3. The molecule has 5 N–H and O–H groups in total. The summed E-state index contributed by atoms with van der Waals surface area (Å²) in [7, 11) is 0. The Morgan fingerprint density at radius 1 is 1.45 bits per heavy atom. The molecule has 1 amide bonds. The third-order valence-corrected chi connectivity index (χ3v) is 3.94. The molecule has 1 aromatic rings. The number of carbonyl (C=O) groups excluding carboxylic acids is 1. The Hall–Kier alpha value is -2.08. The number of aromatic carboxylic acids is 1. The van der Waals surface area contributed by atoms with Crippen molar-refractivity contribution in [2.75, 3.05) is 18.8 Å². The van der Waals surface area contributed by atoms with Crippen molar-refractivity contribution in [3.8, 4) is 0 Å². The van der Waals surface area contributed by atoms with E-state index >= 15 is 0 Å². The third kappa shape index (κ3) is 2.60. The van der Waals surface area contributed by atoms with E-state index in [9.17, 15) is 14.7 Å². The van der Waals surface area contributed by atoms with Gasteiger partial charge in [0.25, 0.3) is 0 Å². The first-order valence-electron chi connectivity index (χ1n) is 6.46. The van der Waals surface area contributed by atoms with Crippen molar-refractivity contribution < 1.29 is 14.7 Å². The quantitative estimate of drug-likeness (QED) is 0.700. The lowest BCUT2D eigenvalue weighted by molar-refractivity contribution is -0.126. The van der Waals surface area contributed by atoms with Crippen molar-refractivity contribution in [3.63, 3.8) is 0 Å². The van der Waals surface area contributed by atoms with Crippen LogP contribution in [0.4, 0.5) is 5.69 Å². The first-order chi connectivity index (χ1) is 9.33. The number of nitrogens with two attached hydrogens (primary N) is 2. The highest BCUT2D eigenvalue weighted by Gasteiger charge is 2.38. The summed E-state index contributed by atoms with van der Waals surface area (Å²) in [6.45, 7) is 3.55. The van der Waals surface area contributed by atoms with Gasteiger partial charge in [-0.05, 0) is 31.5 Å². The largest absolute Gasteiger partial charge is 0.478 e. The molecule has 0 aromatic heterocycles. The van der Waals surface area contributed by atoms with E-state index < -0.39 is 11.4 Å². The van der Waals surface area contributed by atoms with E-state index in [1.165, 1.54) is 0 Å². The molecule has 0 bridgehead atoms. The van der Waals surface area contributed by atoms with Gasteiger partial charge in [0, 0.05) is 18.8 Å². The molecule has 20 heavy (non-hydrogen) atoms. The van der Waals surface area contributed by atoms with Gasteiger partial charge in [0.15, 0.2) is 0 Å². The molecular weight excluding hydrogens is 258 g/mol. The van der Waals surface area contributed by atoms with Crippen LogP contribution in [0.15, 0.2) is 18.2 Å². The van der Waals surface area contributed by atoms with Crippen LogP contribution in [0.2, 0.25) is 0 Å². The summed E-state index contributed by atoms with van der Waals surface area (Å²) in [5.74, 6) is -1.35. The number of carbonyl (C=O) groups is 2. The molecule has 0 radical (unpaired) electrons. The SMILES string of the molecule is CC1(C(N)=O)CCN(Cc2cccc(N)c2C(=O)O)C1. The van der Waals surface area contributed by atoms with Crippen molar-refractivity contribution in [2.24, 2.45) is 11.1 Å². The maximum absolute atomic E-state index is 11.4. The highest BCUT2D eigenvalue weighted by atomic mass is 16.4. The van der Waals surface area contributed by atoms with Gasteiger partial charge in [0.05, 0.1) is 11.0 Å². The second-order valence-electron chi connectivity index (χ2n) is 5.57. The van der Waals surface area contributed by atoms with E-state index in [4.69, 9.17) is 11.5 Å². The molecule has 1 heterocycles. The van der Waals surface area contributed by atoms with Gasteiger partial charge in [0.2, 0.25) is 5.91 Å². The number of amides is 1. The van der Waals surface area contributed by atoms with Gasteiger partial charge in [-0.25, -0.2) is 4.79 Å². The molecule has 1 aliphatic heterocycles. The smallest absolute Gasteiger partial charge is 0.338 e. The van der Waals surface area contributed by atoms with Crippen LogP contribution >= 0.6 is 0 Å². The Morgan fingerprint density at radius 3 is 2.70 bits per heavy atom. The number of nitrogen functional groups attached to an aromatic ring is 1. The minimum Gasteiger partial charge on any atom is -0.478 e. The Bertz CT molecular complexity index is 559. The molecule has 1 saturated heterocycles. The number of likely N-dealkylation sites (tertiary alicyclic amines) is 1. The molecule has 1 fully saturated rings. The number of anilines is 1. The van der Waals surface area contributed by atoms with Crippen molar-refractivity contribution >= 4 is 17.6 Å². The molecule has 0 spiro atoms. The van der Waals surface area contributed by atoms with Crippen LogP contribution in [0.5, 0.6) is 0 Å². The Kier molecular flexibility index (Phi) is 3.67. The normalized spacial score (nSPS) is 22.9. The van der Waals surface area contributed by atoms with Crippen LogP contribution in [0.1, 0.15) is 29.3 Å². The van der Waals surface area contributed by atoms with Crippen LogP contribution < -0.4 is 11.5 Å². The number of hydrogen-bond acceptors (Lipinski definition) is 4. The summed E-state index contributed by atoms with van der Waals surface area (Å²) in [4.78, 5) is 24.7. The zero-order valence-electron chi connectivity index (χ0n) is 11.4. The maximum Gasteiger partial charge on any atom is 0.338 e. The summed E-state index contributed by atoms with van der Waals surface area (Å²) >= 11 is 0. The average Bonchev–Trinajstić information content (AvgIpc) is 2.72.